The number of hydrogen-bond donors (Lipinski definition) is 0. The van der Waals surface area contributed by atoms with Gasteiger partial charge in [0.05, 0.1) is 18.1 Å². The maximum atomic E-state index is 5.93. The van der Waals surface area contributed by atoms with Crippen molar-refractivity contribution in [2.75, 3.05) is 32.8 Å². The van der Waals surface area contributed by atoms with E-state index in [1.165, 1.54) is 27.7 Å². The molecule has 0 amide bonds. The number of benzene rings is 2. The minimum Gasteiger partial charge on any atom is -0.379 e. The Labute approximate surface area is 166 Å². The zero-order chi connectivity index (χ0) is 18.8. The maximum absolute atomic E-state index is 5.93. The topological polar surface area (TPSA) is 17.4 Å². The van der Waals surface area contributed by atoms with Crippen molar-refractivity contribution in [1.82, 2.24) is 9.47 Å². The second-order valence-electron chi connectivity index (χ2n) is 7.28. The normalized spacial score (nSPS) is 15.3. The Bertz CT molecular complexity index is 952. The van der Waals surface area contributed by atoms with Gasteiger partial charge in [-0.05, 0) is 25.5 Å². The molecule has 2 aromatic carbocycles. The second kappa shape index (κ2) is 7.93. The number of aryl methyl sites for hydroxylation is 1. The average molecular weight is 379 g/mol. The number of fused-ring (bicyclic) bond motifs is 1. The van der Waals surface area contributed by atoms with Crippen molar-refractivity contribution in [2.45, 2.75) is 20.4 Å². The minimum atomic E-state index is 0.841. The van der Waals surface area contributed by atoms with Crippen LogP contribution in [0.15, 0.2) is 48.5 Å². The number of thiocarbonyl (C=S) groups is 1. The van der Waals surface area contributed by atoms with Crippen molar-refractivity contribution >= 4 is 28.0 Å². The van der Waals surface area contributed by atoms with Crippen LogP contribution in [0.5, 0.6) is 0 Å². The minimum absolute atomic E-state index is 0.841. The molecule has 1 aliphatic rings. The Morgan fingerprint density at radius 3 is 2.41 bits per heavy atom. The first kappa shape index (κ1) is 18.4. The Morgan fingerprint density at radius 2 is 1.67 bits per heavy atom. The molecular weight excluding hydrogens is 352 g/mol. The third-order valence-electron chi connectivity index (χ3n) is 5.52. The summed E-state index contributed by atoms with van der Waals surface area (Å²) in [4.78, 5) is 3.42. The van der Waals surface area contributed by atoms with Crippen LogP contribution >= 0.6 is 12.2 Å². The summed E-state index contributed by atoms with van der Waals surface area (Å²) in [6, 6.07) is 17.2. The predicted octanol–water partition coefficient (Wildman–Crippen LogP) is 4.36. The zero-order valence-corrected chi connectivity index (χ0v) is 16.9. The lowest BCUT2D eigenvalue weighted by atomic mass is 10.0. The number of aromatic nitrogens is 1. The van der Waals surface area contributed by atoms with Crippen LogP contribution in [-0.4, -0.2) is 47.2 Å². The van der Waals surface area contributed by atoms with Crippen LogP contribution in [0.25, 0.3) is 10.9 Å². The first-order valence-corrected chi connectivity index (χ1v) is 10.1. The van der Waals surface area contributed by atoms with E-state index in [9.17, 15) is 0 Å². The second-order valence-corrected chi connectivity index (χ2v) is 7.69. The van der Waals surface area contributed by atoms with Crippen LogP contribution in [0.1, 0.15) is 22.4 Å². The fraction of sp³-hybridized carbons (Fsp3) is 0.348. The van der Waals surface area contributed by atoms with E-state index < -0.39 is 0 Å². The number of morpholine rings is 1. The highest BCUT2D eigenvalue weighted by Crippen LogP contribution is 2.29. The van der Waals surface area contributed by atoms with Crippen LogP contribution in [0, 0.1) is 13.8 Å². The molecule has 0 atom stereocenters. The van der Waals surface area contributed by atoms with Crippen LogP contribution in [0.2, 0.25) is 0 Å². The molecule has 4 heteroatoms. The summed E-state index contributed by atoms with van der Waals surface area (Å²) in [5.74, 6) is 0. The maximum Gasteiger partial charge on any atom is 0.0594 e. The number of nitrogens with zero attached hydrogens (tertiary/aromatic N) is 2. The molecular formula is C23H26N2OS. The van der Waals surface area contributed by atoms with E-state index in [4.69, 9.17) is 17.0 Å². The number of para-hydroxylation sites is 1. The Kier molecular flexibility index (Phi) is 5.39. The summed E-state index contributed by atoms with van der Waals surface area (Å²) in [5.41, 5.74) is 6.11. The Balaban J connectivity index is 1.69. The first-order valence-electron chi connectivity index (χ1n) is 9.64. The van der Waals surface area contributed by atoms with E-state index in [-0.39, 0.29) is 0 Å². The monoisotopic (exact) mass is 378 g/mol. The third-order valence-corrected chi connectivity index (χ3v) is 5.96. The standard InChI is InChI=1S/C23H26N2OS/c1-17-7-9-19(10-8-17)23(27)22-18(2)25(21-6-4-3-5-20(21)22)12-11-24-13-15-26-16-14-24/h3-10H,11-16H2,1-2H3. The van der Waals surface area contributed by atoms with Crippen molar-refractivity contribution in [3.8, 4) is 0 Å². The number of ether oxygens (including phenoxy) is 1. The van der Waals surface area contributed by atoms with E-state index in [0.29, 0.717) is 0 Å². The molecule has 3 nitrogen and oxygen atoms in total. The van der Waals surface area contributed by atoms with Crippen LogP contribution in [-0.2, 0) is 11.3 Å². The van der Waals surface area contributed by atoms with Gasteiger partial charge in [-0.2, -0.15) is 0 Å². The molecule has 1 aliphatic heterocycles. The summed E-state index contributed by atoms with van der Waals surface area (Å²) < 4.78 is 7.90. The van der Waals surface area contributed by atoms with Crippen molar-refractivity contribution in [1.29, 1.82) is 0 Å². The predicted molar refractivity (Wildman–Crippen MR) is 116 cm³/mol. The quantitative estimate of drug-likeness (QED) is 0.485. The molecule has 0 unspecified atom stereocenters. The molecule has 0 bridgehead atoms. The van der Waals surface area contributed by atoms with Gasteiger partial charge in [0.25, 0.3) is 0 Å². The van der Waals surface area contributed by atoms with Crippen molar-refractivity contribution in [3.05, 3.63) is 70.9 Å². The van der Waals surface area contributed by atoms with E-state index in [2.05, 4.69) is 71.8 Å². The molecule has 27 heavy (non-hydrogen) atoms. The van der Waals surface area contributed by atoms with Gasteiger partial charge in [-0.25, -0.2) is 0 Å². The van der Waals surface area contributed by atoms with Crippen molar-refractivity contribution in [3.63, 3.8) is 0 Å². The van der Waals surface area contributed by atoms with Gasteiger partial charge < -0.3 is 9.30 Å². The highest BCUT2D eigenvalue weighted by Gasteiger charge is 2.19. The van der Waals surface area contributed by atoms with Gasteiger partial charge in [0.2, 0.25) is 0 Å². The van der Waals surface area contributed by atoms with Gasteiger partial charge in [0.1, 0.15) is 0 Å². The lowest BCUT2D eigenvalue weighted by Gasteiger charge is -2.27. The van der Waals surface area contributed by atoms with Gasteiger partial charge in [-0.1, -0.05) is 60.2 Å². The van der Waals surface area contributed by atoms with Crippen LogP contribution in [0.4, 0.5) is 0 Å². The van der Waals surface area contributed by atoms with Gasteiger partial charge in [-0.15, -0.1) is 0 Å². The Morgan fingerprint density at radius 1 is 0.963 bits per heavy atom. The molecule has 4 rings (SSSR count). The van der Waals surface area contributed by atoms with E-state index in [1.807, 2.05) is 0 Å². The fourth-order valence-electron chi connectivity index (χ4n) is 3.92. The summed E-state index contributed by atoms with van der Waals surface area (Å²) >= 11 is 5.93. The van der Waals surface area contributed by atoms with Gasteiger partial charge in [0, 0.05) is 48.3 Å². The van der Waals surface area contributed by atoms with Gasteiger partial charge in [0.15, 0.2) is 0 Å². The largest absolute Gasteiger partial charge is 0.379 e. The SMILES string of the molecule is Cc1ccc(C(=S)c2c(C)n(CCN3CCOCC3)c3ccccc23)cc1. The molecule has 2 heterocycles. The van der Waals surface area contributed by atoms with E-state index >= 15 is 0 Å². The van der Waals surface area contributed by atoms with E-state index in [1.54, 1.807) is 0 Å². The number of rotatable bonds is 5. The molecule has 0 N–H and O–H groups in total. The molecule has 0 spiro atoms. The summed E-state index contributed by atoms with van der Waals surface area (Å²) in [5, 5.41) is 1.25. The van der Waals surface area contributed by atoms with Gasteiger partial charge in [-0.3, -0.25) is 4.90 Å². The highest BCUT2D eigenvalue weighted by molar-refractivity contribution is 7.81. The van der Waals surface area contributed by atoms with E-state index in [0.717, 1.165) is 49.8 Å². The zero-order valence-electron chi connectivity index (χ0n) is 16.1. The molecule has 1 fully saturated rings. The van der Waals surface area contributed by atoms with Crippen LogP contribution in [0.3, 0.4) is 0 Å². The van der Waals surface area contributed by atoms with Crippen molar-refractivity contribution in [2.24, 2.45) is 0 Å². The molecule has 0 radical (unpaired) electrons. The van der Waals surface area contributed by atoms with Crippen molar-refractivity contribution < 1.29 is 4.74 Å². The lowest BCUT2D eigenvalue weighted by molar-refractivity contribution is 0.0365. The Hall–Kier alpha value is -2.01. The molecule has 0 aliphatic carbocycles. The van der Waals surface area contributed by atoms with Gasteiger partial charge >= 0.3 is 0 Å². The van der Waals surface area contributed by atoms with Crippen LogP contribution < -0.4 is 0 Å². The smallest absolute Gasteiger partial charge is 0.0594 e. The fourth-order valence-corrected chi connectivity index (χ4v) is 4.31. The first-order chi connectivity index (χ1) is 13.1. The third kappa shape index (κ3) is 3.70. The lowest BCUT2D eigenvalue weighted by Crippen LogP contribution is -2.38. The highest BCUT2D eigenvalue weighted by atomic mass is 32.1. The molecule has 0 saturated carbocycles. The number of hydrogen-bond acceptors (Lipinski definition) is 3. The summed E-state index contributed by atoms with van der Waals surface area (Å²) in [7, 11) is 0. The molecule has 1 aromatic heterocycles. The average Bonchev–Trinajstić information content (AvgIpc) is 2.98. The summed E-state index contributed by atoms with van der Waals surface area (Å²) in [6.07, 6.45) is 0. The molecule has 3 aromatic rings. The molecule has 140 valence electrons. The summed E-state index contributed by atoms with van der Waals surface area (Å²) in [6.45, 7) is 10.1. The molecule has 1 saturated heterocycles.